The van der Waals surface area contributed by atoms with E-state index in [0.29, 0.717) is 5.92 Å². The highest BCUT2D eigenvalue weighted by Gasteiger charge is 2.30. The zero-order valence-electron chi connectivity index (χ0n) is 6.45. The van der Waals surface area contributed by atoms with Gasteiger partial charge in [0.2, 0.25) is 0 Å². The van der Waals surface area contributed by atoms with E-state index in [0.717, 1.165) is 19.3 Å². The summed E-state index contributed by atoms with van der Waals surface area (Å²) >= 11 is 0. The Kier molecular flexibility index (Phi) is 2.75. The summed E-state index contributed by atoms with van der Waals surface area (Å²) in [5.74, 6) is 0.627. The lowest BCUT2D eigenvalue weighted by atomic mass is 9.60. The summed E-state index contributed by atoms with van der Waals surface area (Å²) in [6, 6.07) is 0. The van der Waals surface area contributed by atoms with E-state index in [1.54, 1.807) is 0 Å². The zero-order valence-corrected chi connectivity index (χ0v) is 6.45. The maximum Gasteiger partial charge on any atom is 0.455 e. The van der Waals surface area contributed by atoms with E-state index in [1.165, 1.54) is 6.42 Å². The molecule has 0 spiro atoms. The summed E-state index contributed by atoms with van der Waals surface area (Å²) in [7, 11) is -1.09. The molecule has 1 saturated carbocycles. The predicted molar refractivity (Wildman–Crippen MR) is 41.6 cm³/mol. The monoisotopic (exact) mass is 142 g/mol. The molecule has 2 atom stereocenters. The van der Waals surface area contributed by atoms with Crippen LogP contribution in [0.2, 0.25) is 5.82 Å². The molecule has 2 N–H and O–H groups in total. The van der Waals surface area contributed by atoms with Crippen molar-refractivity contribution < 1.29 is 10.0 Å². The van der Waals surface area contributed by atoms with Gasteiger partial charge < -0.3 is 10.0 Å². The van der Waals surface area contributed by atoms with E-state index in [9.17, 15) is 0 Å². The van der Waals surface area contributed by atoms with Crippen LogP contribution in [0, 0.1) is 5.92 Å². The van der Waals surface area contributed by atoms with Gasteiger partial charge in [0.25, 0.3) is 0 Å². The fourth-order valence-electron chi connectivity index (χ4n) is 1.79. The Hall–Kier alpha value is -0.0151. The molecular formula is C7H15BO2. The van der Waals surface area contributed by atoms with E-state index in [1.807, 2.05) is 0 Å². The van der Waals surface area contributed by atoms with Crippen LogP contribution in [0.15, 0.2) is 0 Å². The molecule has 58 valence electrons. The second-order valence-corrected chi connectivity index (χ2v) is 3.34. The van der Waals surface area contributed by atoms with Gasteiger partial charge in [0, 0.05) is 0 Å². The van der Waals surface area contributed by atoms with Crippen LogP contribution in [-0.2, 0) is 0 Å². The predicted octanol–water partition coefficient (Wildman–Crippen LogP) is 1.04. The Balaban J connectivity index is 2.40. The Morgan fingerprint density at radius 2 is 1.80 bits per heavy atom. The molecule has 0 aromatic heterocycles. The molecule has 1 unspecified atom stereocenters. The standard InChI is InChI=1S/C7H15BO2/c1-6-4-2-3-5-7(6)8(9)10/h6-7,9-10H,2-5H2,1H3/t6-,7?/m0/s1. The molecular weight excluding hydrogens is 127 g/mol. The molecule has 1 aliphatic carbocycles. The van der Waals surface area contributed by atoms with Crippen molar-refractivity contribution >= 4 is 7.12 Å². The molecule has 0 aromatic carbocycles. The number of hydrogen-bond acceptors (Lipinski definition) is 2. The van der Waals surface area contributed by atoms with Crippen LogP contribution < -0.4 is 0 Å². The van der Waals surface area contributed by atoms with Crippen molar-refractivity contribution in [1.82, 2.24) is 0 Å². The van der Waals surface area contributed by atoms with E-state index in [-0.39, 0.29) is 5.82 Å². The fraction of sp³-hybridized carbons (Fsp3) is 1.00. The summed E-state index contributed by atoms with van der Waals surface area (Å²) < 4.78 is 0. The van der Waals surface area contributed by atoms with Crippen LogP contribution in [0.4, 0.5) is 0 Å². The minimum absolute atomic E-state index is 0.133. The van der Waals surface area contributed by atoms with Gasteiger partial charge in [-0.1, -0.05) is 32.6 Å². The highest BCUT2D eigenvalue weighted by molar-refractivity contribution is 6.43. The second-order valence-electron chi connectivity index (χ2n) is 3.34. The molecule has 1 fully saturated rings. The van der Waals surface area contributed by atoms with Crippen molar-refractivity contribution in [3.8, 4) is 0 Å². The second kappa shape index (κ2) is 3.40. The number of rotatable bonds is 1. The Morgan fingerprint density at radius 3 is 2.20 bits per heavy atom. The average Bonchev–Trinajstić information content (AvgIpc) is 1.88. The maximum atomic E-state index is 8.90. The quantitative estimate of drug-likeness (QED) is 0.537. The average molecular weight is 142 g/mol. The van der Waals surface area contributed by atoms with Crippen molar-refractivity contribution in [2.75, 3.05) is 0 Å². The summed E-state index contributed by atoms with van der Waals surface area (Å²) in [6.45, 7) is 2.10. The van der Waals surface area contributed by atoms with Gasteiger partial charge in [0.1, 0.15) is 0 Å². The zero-order chi connectivity index (χ0) is 7.56. The van der Waals surface area contributed by atoms with E-state index < -0.39 is 7.12 Å². The van der Waals surface area contributed by atoms with Crippen molar-refractivity contribution in [3.63, 3.8) is 0 Å². The third-order valence-corrected chi connectivity index (χ3v) is 2.56. The molecule has 1 rings (SSSR count). The molecule has 0 saturated heterocycles. The molecule has 0 amide bonds. The largest absolute Gasteiger partial charge is 0.455 e. The van der Waals surface area contributed by atoms with E-state index in [2.05, 4.69) is 6.92 Å². The summed E-state index contributed by atoms with van der Waals surface area (Å²) in [6.07, 6.45) is 4.55. The van der Waals surface area contributed by atoms with Gasteiger partial charge in [-0.3, -0.25) is 0 Å². The van der Waals surface area contributed by atoms with Gasteiger partial charge in [-0.25, -0.2) is 0 Å². The molecule has 0 aromatic rings. The first-order chi connectivity index (χ1) is 4.72. The summed E-state index contributed by atoms with van der Waals surface area (Å²) in [5, 5.41) is 17.8. The van der Waals surface area contributed by atoms with Crippen molar-refractivity contribution in [2.24, 2.45) is 5.92 Å². The van der Waals surface area contributed by atoms with Gasteiger partial charge in [-0.2, -0.15) is 0 Å². The lowest BCUT2D eigenvalue weighted by Gasteiger charge is -2.27. The summed E-state index contributed by atoms with van der Waals surface area (Å²) in [5.41, 5.74) is 0. The van der Waals surface area contributed by atoms with Gasteiger partial charge in [-0.15, -0.1) is 0 Å². The SMILES string of the molecule is C[C@H]1CCCCC1B(O)O. The van der Waals surface area contributed by atoms with Crippen LogP contribution in [0.3, 0.4) is 0 Å². The first-order valence-corrected chi connectivity index (χ1v) is 4.08. The minimum Gasteiger partial charge on any atom is -0.427 e. The van der Waals surface area contributed by atoms with Gasteiger partial charge in [0.05, 0.1) is 0 Å². The Morgan fingerprint density at radius 1 is 1.20 bits per heavy atom. The molecule has 0 radical (unpaired) electrons. The highest BCUT2D eigenvalue weighted by Crippen LogP contribution is 2.34. The van der Waals surface area contributed by atoms with Crippen LogP contribution in [0.1, 0.15) is 32.6 Å². The van der Waals surface area contributed by atoms with Gasteiger partial charge in [-0.05, 0) is 11.7 Å². The Labute approximate surface area is 62.4 Å². The molecule has 3 heteroatoms. The molecule has 0 heterocycles. The van der Waals surface area contributed by atoms with Crippen LogP contribution in [0.25, 0.3) is 0 Å². The molecule has 0 bridgehead atoms. The molecule has 10 heavy (non-hydrogen) atoms. The van der Waals surface area contributed by atoms with E-state index in [4.69, 9.17) is 10.0 Å². The van der Waals surface area contributed by atoms with Crippen molar-refractivity contribution in [2.45, 2.75) is 38.4 Å². The first-order valence-electron chi connectivity index (χ1n) is 4.08. The normalized spacial score (nSPS) is 33.9. The Bertz CT molecular complexity index is 106. The fourth-order valence-corrected chi connectivity index (χ4v) is 1.79. The van der Waals surface area contributed by atoms with Gasteiger partial charge >= 0.3 is 7.12 Å². The molecule has 1 aliphatic rings. The number of hydrogen-bond donors (Lipinski definition) is 2. The lowest BCUT2D eigenvalue weighted by molar-refractivity contribution is 0.301. The third kappa shape index (κ3) is 1.73. The highest BCUT2D eigenvalue weighted by atomic mass is 16.4. The van der Waals surface area contributed by atoms with Crippen LogP contribution in [0.5, 0.6) is 0 Å². The third-order valence-electron chi connectivity index (χ3n) is 2.56. The smallest absolute Gasteiger partial charge is 0.427 e. The maximum absolute atomic E-state index is 8.90. The molecule has 2 nitrogen and oxygen atoms in total. The van der Waals surface area contributed by atoms with Crippen LogP contribution in [-0.4, -0.2) is 17.2 Å². The van der Waals surface area contributed by atoms with Gasteiger partial charge in [0.15, 0.2) is 0 Å². The topological polar surface area (TPSA) is 40.5 Å². The lowest BCUT2D eigenvalue weighted by Crippen LogP contribution is -2.27. The minimum atomic E-state index is -1.09. The van der Waals surface area contributed by atoms with Crippen molar-refractivity contribution in [1.29, 1.82) is 0 Å². The molecule has 0 aliphatic heterocycles. The summed E-state index contributed by atoms with van der Waals surface area (Å²) in [4.78, 5) is 0. The van der Waals surface area contributed by atoms with Crippen LogP contribution >= 0.6 is 0 Å². The first kappa shape index (κ1) is 8.09. The van der Waals surface area contributed by atoms with E-state index >= 15 is 0 Å². The van der Waals surface area contributed by atoms with Crippen molar-refractivity contribution in [3.05, 3.63) is 0 Å².